The van der Waals surface area contributed by atoms with Gasteiger partial charge in [-0.15, -0.1) is 0 Å². The van der Waals surface area contributed by atoms with Crippen LogP contribution in [0.4, 0.5) is 22.0 Å². The van der Waals surface area contributed by atoms with Crippen molar-refractivity contribution in [2.75, 3.05) is 19.6 Å². The number of alkyl halides is 5. The monoisotopic (exact) mass is 557 g/mol. The lowest BCUT2D eigenvalue weighted by Gasteiger charge is -2.34. The number of hydrogen-bond donors (Lipinski definition) is 4. The van der Waals surface area contributed by atoms with Crippen LogP contribution in [0.5, 0.6) is 5.75 Å². The van der Waals surface area contributed by atoms with Crippen LogP contribution in [-0.2, 0) is 11.2 Å². The fraction of sp³-hybridized carbons (Fsp3) is 0.481. The van der Waals surface area contributed by atoms with E-state index in [1.807, 2.05) is 0 Å². The minimum Gasteiger partial charge on any atom is -0.508 e. The summed E-state index contributed by atoms with van der Waals surface area (Å²) in [5.41, 5.74) is -0.899. The number of hydrogen-bond acceptors (Lipinski definition) is 5. The molecular weight excluding hydrogens is 525 g/mol. The molecule has 214 valence electrons. The zero-order valence-corrected chi connectivity index (χ0v) is 21.7. The Morgan fingerprint density at radius 3 is 2.36 bits per heavy atom. The summed E-state index contributed by atoms with van der Waals surface area (Å²) in [6, 6.07) is 10.4. The van der Waals surface area contributed by atoms with Crippen molar-refractivity contribution in [1.82, 2.24) is 15.5 Å². The van der Waals surface area contributed by atoms with Gasteiger partial charge in [0.1, 0.15) is 18.3 Å². The smallest absolute Gasteiger partial charge is 0.405 e. The summed E-state index contributed by atoms with van der Waals surface area (Å²) >= 11 is 0. The number of aliphatic hydroxyl groups is 1. The van der Waals surface area contributed by atoms with Crippen LogP contribution in [0.3, 0.4) is 0 Å². The summed E-state index contributed by atoms with van der Waals surface area (Å²) in [6.45, 7) is 0.525. The Bertz CT molecular complexity index is 1170. The normalized spacial score (nSPS) is 20.3. The van der Waals surface area contributed by atoms with Gasteiger partial charge in [0, 0.05) is 17.7 Å². The van der Waals surface area contributed by atoms with E-state index in [1.54, 1.807) is 35.6 Å². The van der Waals surface area contributed by atoms with Crippen LogP contribution in [0.15, 0.2) is 48.5 Å². The second-order valence-corrected chi connectivity index (χ2v) is 10.4. The summed E-state index contributed by atoms with van der Waals surface area (Å²) in [5, 5.41) is 25.5. The van der Waals surface area contributed by atoms with Gasteiger partial charge in [-0.1, -0.05) is 50.2 Å². The Labute approximate surface area is 223 Å². The highest BCUT2D eigenvalue weighted by Gasteiger charge is 2.63. The minimum absolute atomic E-state index is 0.0875. The Morgan fingerprint density at radius 2 is 1.74 bits per heavy atom. The van der Waals surface area contributed by atoms with Crippen molar-refractivity contribution in [3.8, 4) is 5.75 Å². The van der Waals surface area contributed by atoms with E-state index in [2.05, 4.69) is 5.32 Å². The highest BCUT2D eigenvalue weighted by atomic mass is 19.4. The van der Waals surface area contributed by atoms with E-state index >= 15 is 0 Å². The van der Waals surface area contributed by atoms with Gasteiger partial charge >= 0.3 is 6.18 Å². The SMILES string of the molecule is Cc1c(O)cccc1C(=O)N[C@@H](Cc1ccccc1)[C@@H](O)CN1CC(F)(F)C(C)(C)[C@H]1C(=O)NCC(F)(F)F. The van der Waals surface area contributed by atoms with Gasteiger partial charge in [0.25, 0.3) is 11.8 Å². The number of carbonyl (C=O) groups excluding carboxylic acids is 2. The molecule has 2 amide bonds. The second kappa shape index (κ2) is 11.5. The van der Waals surface area contributed by atoms with Crippen LogP contribution in [-0.4, -0.2) is 76.8 Å². The number of likely N-dealkylation sites (tertiary alicyclic amines) is 1. The van der Waals surface area contributed by atoms with E-state index < -0.39 is 67.2 Å². The number of aliphatic hydroxyl groups excluding tert-OH is 1. The Kier molecular flexibility index (Phi) is 8.91. The molecule has 2 aromatic carbocycles. The molecule has 0 radical (unpaired) electrons. The quantitative estimate of drug-likeness (QED) is 0.354. The van der Waals surface area contributed by atoms with E-state index in [0.29, 0.717) is 11.1 Å². The highest BCUT2D eigenvalue weighted by Crippen LogP contribution is 2.48. The number of aromatic hydroxyl groups is 1. The standard InChI is InChI=1S/C27H32F5N3O4/c1-16-18(10-7-11-20(16)36)23(38)34-19(12-17-8-5-4-6-9-17)21(37)13-35-15-26(28,29)25(2,3)22(35)24(39)33-14-27(30,31)32/h4-11,19,21-22,36-37H,12-15H2,1-3H3,(H,33,39)(H,34,38)/t19-,21-,22+/m0/s1. The fourth-order valence-electron chi connectivity index (χ4n) is 4.79. The molecule has 4 N–H and O–H groups in total. The van der Waals surface area contributed by atoms with Crippen LogP contribution < -0.4 is 10.6 Å². The predicted octanol–water partition coefficient (Wildman–Crippen LogP) is 3.43. The Balaban J connectivity index is 1.87. The molecule has 0 spiro atoms. The van der Waals surface area contributed by atoms with E-state index in [0.717, 1.165) is 18.7 Å². The fourth-order valence-corrected chi connectivity index (χ4v) is 4.79. The highest BCUT2D eigenvalue weighted by molar-refractivity contribution is 5.96. The number of halogens is 5. The largest absolute Gasteiger partial charge is 0.508 e. The lowest BCUT2D eigenvalue weighted by atomic mass is 9.81. The first kappa shape index (κ1) is 30.3. The average Bonchev–Trinajstić information content (AvgIpc) is 3.01. The Hall–Kier alpha value is -3.25. The molecule has 3 atom stereocenters. The molecule has 2 aromatic rings. The number of benzene rings is 2. The molecule has 1 aliphatic heterocycles. The van der Waals surface area contributed by atoms with Crippen molar-refractivity contribution in [2.24, 2.45) is 5.41 Å². The molecule has 3 rings (SSSR count). The third kappa shape index (κ3) is 7.04. The molecule has 1 aliphatic rings. The van der Waals surface area contributed by atoms with Gasteiger partial charge in [0.2, 0.25) is 5.91 Å². The van der Waals surface area contributed by atoms with Crippen LogP contribution in [0, 0.1) is 12.3 Å². The number of phenols is 1. The number of phenolic OH excluding ortho intramolecular Hbond substituents is 1. The van der Waals surface area contributed by atoms with Gasteiger partial charge in [0.05, 0.1) is 24.1 Å². The van der Waals surface area contributed by atoms with Gasteiger partial charge in [0.15, 0.2) is 0 Å². The lowest BCUT2D eigenvalue weighted by Crippen LogP contribution is -2.55. The van der Waals surface area contributed by atoms with E-state index in [1.165, 1.54) is 25.1 Å². The lowest BCUT2D eigenvalue weighted by molar-refractivity contribution is -0.145. The van der Waals surface area contributed by atoms with Crippen molar-refractivity contribution in [3.63, 3.8) is 0 Å². The van der Waals surface area contributed by atoms with Crippen LogP contribution in [0.1, 0.15) is 35.3 Å². The number of β-amino-alcohol motifs (C(OH)–C–C–N with tert-alkyl or cyclic N) is 1. The van der Waals surface area contributed by atoms with E-state index in [4.69, 9.17) is 0 Å². The molecule has 0 aliphatic carbocycles. The number of amides is 2. The minimum atomic E-state index is -4.74. The van der Waals surface area contributed by atoms with Crippen molar-refractivity contribution in [1.29, 1.82) is 0 Å². The molecule has 39 heavy (non-hydrogen) atoms. The van der Waals surface area contributed by atoms with Crippen molar-refractivity contribution < 1.29 is 41.8 Å². The molecule has 0 unspecified atom stereocenters. The topological polar surface area (TPSA) is 102 Å². The van der Waals surface area contributed by atoms with Gasteiger partial charge in [-0.25, -0.2) is 8.78 Å². The van der Waals surface area contributed by atoms with E-state index in [9.17, 15) is 41.8 Å². The summed E-state index contributed by atoms with van der Waals surface area (Å²) in [4.78, 5) is 26.8. The van der Waals surface area contributed by atoms with Crippen molar-refractivity contribution in [2.45, 2.75) is 57.5 Å². The number of carbonyl (C=O) groups is 2. The summed E-state index contributed by atoms with van der Waals surface area (Å²) in [5.74, 6) is -5.43. The zero-order valence-electron chi connectivity index (χ0n) is 21.7. The second-order valence-electron chi connectivity index (χ2n) is 10.4. The van der Waals surface area contributed by atoms with E-state index in [-0.39, 0.29) is 17.7 Å². The summed E-state index contributed by atoms with van der Waals surface area (Å²) in [7, 11) is 0. The molecule has 0 bridgehead atoms. The Morgan fingerprint density at radius 1 is 1.10 bits per heavy atom. The van der Waals surface area contributed by atoms with Crippen molar-refractivity contribution in [3.05, 3.63) is 65.2 Å². The number of nitrogens with zero attached hydrogens (tertiary/aromatic N) is 1. The maximum atomic E-state index is 15.0. The first-order valence-electron chi connectivity index (χ1n) is 12.3. The average molecular weight is 558 g/mol. The first-order chi connectivity index (χ1) is 18.0. The maximum absolute atomic E-state index is 15.0. The summed E-state index contributed by atoms with van der Waals surface area (Å²) < 4.78 is 68.0. The molecule has 1 saturated heterocycles. The molecule has 7 nitrogen and oxygen atoms in total. The molecule has 1 heterocycles. The predicted molar refractivity (Wildman–Crippen MR) is 133 cm³/mol. The first-order valence-corrected chi connectivity index (χ1v) is 12.3. The zero-order chi connectivity index (χ0) is 29.2. The van der Waals surface area contributed by atoms with Gasteiger partial charge in [-0.2, -0.15) is 13.2 Å². The van der Waals surface area contributed by atoms with Crippen molar-refractivity contribution >= 4 is 11.8 Å². The molecule has 0 aromatic heterocycles. The van der Waals surface area contributed by atoms with Crippen LogP contribution in [0.25, 0.3) is 0 Å². The number of nitrogens with one attached hydrogen (secondary N) is 2. The third-order valence-corrected chi connectivity index (χ3v) is 7.16. The van der Waals surface area contributed by atoms with Gasteiger partial charge < -0.3 is 20.8 Å². The molecule has 1 fully saturated rings. The van der Waals surface area contributed by atoms with Crippen LogP contribution >= 0.6 is 0 Å². The van der Waals surface area contributed by atoms with Gasteiger partial charge in [-0.3, -0.25) is 14.5 Å². The van der Waals surface area contributed by atoms with Crippen LogP contribution in [0.2, 0.25) is 0 Å². The third-order valence-electron chi connectivity index (χ3n) is 7.16. The maximum Gasteiger partial charge on any atom is 0.405 e. The molecule has 12 heteroatoms. The summed E-state index contributed by atoms with van der Waals surface area (Å²) in [6.07, 6.45) is -6.14. The molecular formula is C27H32F5N3O4. The molecule has 0 saturated carbocycles. The number of rotatable bonds is 9. The van der Waals surface area contributed by atoms with Gasteiger partial charge in [-0.05, 0) is 31.0 Å².